The molecule has 148 valence electrons. The number of benzene rings is 1. The fourth-order valence-corrected chi connectivity index (χ4v) is 3.10. The topological polar surface area (TPSA) is 83.6 Å². The number of nitrogens with one attached hydrogen (secondary N) is 2. The summed E-state index contributed by atoms with van der Waals surface area (Å²) in [5.74, 6) is 0.327. The molecule has 7 nitrogen and oxygen atoms in total. The van der Waals surface area contributed by atoms with Gasteiger partial charge in [-0.2, -0.15) is 0 Å². The Morgan fingerprint density at radius 3 is 2.46 bits per heavy atom. The van der Waals surface area contributed by atoms with Gasteiger partial charge in [-0.15, -0.1) is 0 Å². The highest BCUT2D eigenvalue weighted by Crippen LogP contribution is 2.18. The van der Waals surface area contributed by atoms with Crippen molar-refractivity contribution in [1.82, 2.24) is 9.88 Å². The van der Waals surface area contributed by atoms with Crippen molar-refractivity contribution in [2.75, 3.05) is 30.3 Å². The van der Waals surface area contributed by atoms with Gasteiger partial charge in [0, 0.05) is 24.7 Å². The highest BCUT2D eigenvalue weighted by molar-refractivity contribution is 6.03. The molecule has 2 amide bonds. The van der Waals surface area contributed by atoms with Crippen molar-refractivity contribution in [3.05, 3.63) is 53.7 Å². The Morgan fingerprint density at radius 2 is 1.86 bits per heavy atom. The van der Waals surface area contributed by atoms with E-state index < -0.39 is 0 Å². The molecular weight excluding hydrogens is 356 g/mol. The van der Waals surface area contributed by atoms with Crippen LogP contribution in [0.5, 0.6) is 0 Å². The van der Waals surface area contributed by atoms with E-state index in [2.05, 4.69) is 15.6 Å². The zero-order valence-corrected chi connectivity index (χ0v) is 16.3. The number of anilines is 2. The Kier molecular flexibility index (Phi) is 6.47. The van der Waals surface area contributed by atoms with Crippen molar-refractivity contribution in [3.63, 3.8) is 0 Å². The normalized spacial score (nSPS) is 14.4. The minimum Gasteiger partial charge on any atom is -0.450 e. The van der Waals surface area contributed by atoms with Crippen LogP contribution in [0.2, 0.25) is 0 Å². The molecule has 3 rings (SSSR count). The summed E-state index contributed by atoms with van der Waals surface area (Å²) >= 11 is 0. The van der Waals surface area contributed by atoms with E-state index in [0.29, 0.717) is 31.1 Å². The number of carbonyl (C=O) groups excluding carboxylic acids is 2. The summed E-state index contributed by atoms with van der Waals surface area (Å²) in [4.78, 5) is 30.1. The van der Waals surface area contributed by atoms with E-state index in [1.807, 2.05) is 32.0 Å². The molecule has 2 aromatic rings. The number of amides is 2. The summed E-state index contributed by atoms with van der Waals surface area (Å²) in [6.45, 7) is 5.54. The Labute approximate surface area is 165 Å². The third kappa shape index (κ3) is 5.22. The van der Waals surface area contributed by atoms with Gasteiger partial charge in [-0.1, -0.05) is 17.7 Å². The maximum Gasteiger partial charge on any atom is 0.409 e. The lowest BCUT2D eigenvalue weighted by Crippen LogP contribution is -2.42. The molecule has 1 aromatic heterocycles. The Morgan fingerprint density at radius 1 is 1.14 bits per heavy atom. The molecule has 0 atom stereocenters. The van der Waals surface area contributed by atoms with E-state index in [1.165, 1.54) is 0 Å². The van der Waals surface area contributed by atoms with Gasteiger partial charge in [0.05, 0.1) is 18.5 Å². The second kappa shape index (κ2) is 9.21. The van der Waals surface area contributed by atoms with Crippen LogP contribution in [-0.2, 0) is 4.74 Å². The number of carbonyl (C=O) groups is 2. The maximum absolute atomic E-state index is 12.3. The molecule has 0 bridgehead atoms. The molecule has 0 saturated carbocycles. The van der Waals surface area contributed by atoms with Gasteiger partial charge in [0.15, 0.2) is 0 Å². The molecule has 1 aliphatic heterocycles. The second-order valence-electron chi connectivity index (χ2n) is 6.86. The zero-order valence-electron chi connectivity index (χ0n) is 16.3. The highest BCUT2D eigenvalue weighted by atomic mass is 16.6. The van der Waals surface area contributed by atoms with Crippen molar-refractivity contribution < 1.29 is 14.3 Å². The first-order chi connectivity index (χ1) is 13.5. The Hall–Kier alpha value is -3.09. The number of ether oxygens (including phenoxy) is 1. The maximum atomic E-state index is 12.3. The average molecular weight is 382 g/mol. The van der Waals surface area contributed by atoms with E-state index in [4.69, 9.17) is 4.74 Å². The number of aromatic nitrogens is 1. The number of aryl methyl sites for hydroxylation is 1. The van der Waals surface area contributed by atoms with Gasteiger partial charge in [0.25, 0.3) is 5.91 Å². The molecule has 0 aliphatic carbocycles. The summed E-state index contributed by atoms with van der Waals surface area (Å²) in [5.41, 5.74) is 2.60. The van der Waals surface area contributed by atoms with Crippen LogP contribution in [0.25, 0.3) is 0 Å². The standard InChI is InChI=1S/C21H26N4O3/c1-3-28-21(27)25-12-10-17(11-13-25)23-18-8-9-19(22-14-18)24-20(26)16-6-4-15(2)5-7-16/h4-9,14,17,23H,3,10-13H2,1-2H3,(H,22,24,26). The van der Waals surface area contributed by atoms with E-state index in [0.717, 1.165) is 24.1 Å². The number of rotatable bonds is 5. The minimum absolute atomic E-state index is 0.181. The monoisotopic (exact) mass is 382 g/mol. The van der Waals surface area contributed by atoms with Crippen LogP contribution in [0.3, 0.4) is 0 Å². The smallest absolute Gasteiger partial charge is 0.409 e. The summed E-state index contributed by atoms with van der Waals surface area (Å²) < 4.78 is 5.04. The van der Waals surface area contributed by atoms with Crippen molar-refractivity contribution in [2.45, 2.75) is 32.7 Å². The first kappa shape index (κ1) is 19.7. The first-order valence-electron chi connectivity index (χ1n) is 9.57. The fraction of sp³-hybridized carbons (Fsp3) is 0.381. The summed E-state index contributed by atoms with van der Waals surface area (Å²) in [6.07, 6.45) is 3.18. The quantitative estimate of drug-likeness (QED) is 0.824. The van der Waals surface area contributed by atoms with Crippen LogP contribution in [-0.4, -0.2) is 47.6 Å². The van der Waals surface area contributed by atoms with Crippen molar-refractivity contribution in [2.24, 2.45) is 0 Å². The predicted octanol–water partition coefficient (Wildman–Crippen LogP) is 3.68. The van der Waals surface area contributed by atoms with Gasteiger partial charge in [0.1, 0.15) is 5.82 Å². The molecule has 1 saturated heterocycles. The van der Waals surface area contributed by atoms with Crippen molar-refractivity contribution >= 4 is 23.5 Å². The SMILES string of the molecule is CCOC(=O)N1CCC(Nc2ccc(NC(=O)c3ccc(C)cc3)nc2)CC1. The largest absolute Gasteiger partial charge is 0.450 e. The van der Waals surface area contributed by atoms with E-state index >= 15 is 0 Å². The van der Waals surface area contributed by atoms with Crippen LogP contribution >= 0.6 is 0 Å². The number of pyridine rings is 1. The molecule has 0 radical (unpaired) electrons. The van der Waals surface area contributed by atoms with E-state index in [-0.39, 0.29) is 18.0 Å². The van der Waals surface area contributed by atoms with Crippen molar-refractivity contribution in [3.8, 4) is 0 Å². The third-order valence-corrected chi connectivity index (χ3v) is 4.71. The van der Waals surface area contributed by atoms with Crippen LogP contribution in [0.1, 0.15) is 35.7 Å². The molecule has 2 N–H and O–H groups in total. The summed E-state index contributed by atoms with van der Waals surface area (Å²) in [7, 11) is 0. The number of nitrogens with zero attached hydrogens (tertiary/aromatic N) is 2. The molecule has 0 unspecified atom stereocenters. The third-order valence-electron chi connectivity index (χ3n) is 4.71. The van der Waals surface area contributed by atoms with Gasteiger partial charge in [0.2, 0.25) is 0 Å². The number of piperidine rings is 1. The number of hydrogen-bond acceptors (Lipinski definition) is 5. The van der Waals surface area contributed by atoms with E-state index in [1.54, 1.807) is 29.3 Å². The fourth-order valence-electron chi connectivity index (χ4n) is 3.10. The second-order valence-corrected chi connectivity index (χ2v) is 6.86. The van der Waals surface area contributed by atoms with Crippen LogP contribution in [0, 0.1) is 6.92 Å². The van der Waals surface area contributed by atoms with Gasteiger partial charge in [-0.05, 0) is 51.0 Å². The molecule has 1 aromatic carbocycles. The van der Waals surface area contributed by atoms with Crippen LogP contribution in [0.15, 0.2) is 42.6 Å². The van der Waals surface area contributed by atoms with Gasteiger partial charge in [-0.3, -0.25) is 4.79 Å². The Balaban J connectivity index is 1.49. The lowest BCUT2D eigenvalue weighted by atomic mass is 10.1. The first-order valence-corrected chi connectivity index (χ1v) is 9.57. The van der Waals surface area contributed by atoms with Gasteiger partial charge >= 0.3 is 6.09 Å². The average Bonchev–Trinajstić information content (AvgIpc) is 2.70. The lowest BCUT2D eigenvalue weighted by molar-refractivity contribution is 0.0981. The highest BCUT2D eigenvalue weighted by Gasteiger charge is 2.23. The zero-order chi connectivity index (χ0) is 19.9. The molecule has 1 fully saturated rings. The van der Waals surface area contributed by atoms with Gasteiger partial charge < -0.3 is 20.3 Å². The van der Waals surface area contributed by atoms with Crippen LogP contribution < -0.4 is 10.6 Å². The minimum atomic E-state index is -0.240. The predicted molar refractivity (Wildman–Crippen MR) is 109 cm³/mol. The van der Waals surface area contributed by atoms with E-state index in [9.17, 15) is 9.59 Å². The van der Waals surface area contributed by atoms with Gasteiger partial charge in [-0.25, -0.2) is 9.78 Å². The molecule has 1 aliphatic rings. The molecule has 2 heterocycles. The summed E-state index contributed by atoms with van der Waals surface area (Å²) in [5, 5.41) is 6.24. The molecule has 28 heavy (non-hydrogen) atoms. The molecular formula is C21H26N4O3. The molecule has 7 heteroatoms. The summed E-state index contributed by atoms with van der Waals surface area (Å²) in [6, 6.07) is 11.4. The number of hydrogen-bond donors (Lipinski definition) is 2. The Bertz CT molecular complexity index is 797. The lowest BCUT2D eigenvalue weighted by Gasteiger charge is -2.32. The molecule has 0 spiro atoms. The van der Waals surface area contributed by atoms with Crippen molar-refractivity contribution in [1.29, 1.82) is 0 Å². The number of likely N-dealkylation sites (tertiary alicyclic amines) is 1. The van der Waals surface area contributed by atoms with Crippen LogP contribution in [0.4, 0.5) is 16.3 Å².